The highest BCUT2D eigenvalue weighted by Gasteiger charge is 2.54. The Hall–Kier alpha value is -5.33. The fourth-order valence-corrected chi connectivity index (χ4v) is 11.1. The number of amides is 2. The van der Waals surface area contributed by atoms with E-state index >= 15 is 8.63 Å². The lowest BCUT2D eigenvalue weighted by Crippen LogP contribution is -2.61. The van der Waals surface area contributed by atoms with Crippen LogP contribution in [0.4, 0.5) is 8.63 Å². The van der Waals surface area contributed by atoms with E-state index in [1.165, 1.54) is 11.3 Å². The summed E-state index contributed by atoms with van der Waals surface area (Å²) >= 11 is 1.38. The minimum atomic E-state index is -5.82. The van der Waals surface area contributed by atoms with E-state index in [0.717, 1.165) is 26.1 Å². The van der Waals surface area contributed by atoms with Gasteiger partial charge in [0.1, 0.15) is 42.4 Å². The number of rotatable bonds is 20. The molecule has 4 aromatic rings. The Morgan fingerprint density at radius 2 is 1.60 bits per heavy atom. The number of aliphatic hydroxyl groups excluding tert-OH is 5. The first-order valence-electron chi connectivity index (χ1n) is 22.0. The SMILES string of the molecule is O=C(COc1ccc(C2=[N+]3C(=Cc4ccc(-c5cccs5)n4[B-]3(F)F)C=C2)cc1)NCCCCCNC(=O)C1OC(OP(=O)(O)OP(=O)(O)OCC2OC(n3ccc(=O)[nH]c3=O)C(O)C2O)C(O)C(O)C1O. The van der Waals surface area contributed by atoms with Gasteiger partial charge in [0.25, 0.3) is 17.4 Å². The molecule has 10 N–H and O–H groups in total. The number of aromatic nitrogens is 3. The summed E-state index contributed by atoms with van der Waals surface area (Å²) in [7, 11) is -11.5. The average Bonchev–Trinajstić information content (AvgIpc) is 4.16. The Kier molecular flexibility index (Phi) is 15.9. The van der Waals surface area contributed by atoms with Crippen LogP contribution in [0.5, 0.6) is 5.75 Å². The number of allylic oxidation sites excluding steroid dienone is 2. The molecule has 7 heterocycles. The van der Waals surface area contributed by atoms with Gasteiger partial charge >= 0.3 is 28.3 Å². The van der Waals surface area contributed by atoms with E-state index < -0.39 is 108 Å². The van der Waals surface area contributed by atoms with Crippen molar-refractivity contribution in [3.63, 3.8) is 0 Å². The fraction of sp³-hybridized carbons (Fsp3) is 0.390. The minimum absolute atomic E-state index is 0.0272. The molecule has 388 valence electrons. The number of ether oxygens (including phenoxy) is 3. The highest BCUT2D eigenvalue weighted by molar-refractivity contribution is 7.61. The van der Waals surface area contributed by atoms with Gasteiger partial charge in [0.15, 0.2) is 36.6 Å². The van der Waals surface area contributed by atoms with Crippen LogP contribution in [-0.4, -0.2) is 154 Å². The molecule has 2 fully saturated rings. The number of fused-ring (bicyclic) bond motifs is 2. The number of phosphoric acid groups is 2. The van der Waals surface area contributed by atoms with E-state index in [2.05, 4.69) is 24.0 Å². The Labute approximate surface area is 409 Å². The predicted octanol–water partition coefficient (Wildman–Crippen LogP) is -0.125. The summed E-state index contributed by atoms with van der Waals surface area (Å²) in [6, 6.07) is 14.3. The molecule has 72 heavy (non-hydrogen) atoms. The maximum atomic E-state index is 16.3. The van der Waals surface area contributed by atoms with Crippen LogP contribution in [0.2, 0.25) is 0 Å². The van der Waals surface area contributed by atoms with Crippen molar-refractivity contribution in [1.82, 2.24) is 24.7 Å². The van der Waals surface area contributed by atoms with Gasteiger partial charge in [-0.15, -0.1) is 11.3 Å². The standard InChI is InChI=1S/C41H47BF2N6O19P2S/c43-42(44)49-23(19-24-9-13-27(50(24)42)29-5-4-18-72-29)8-12-26(49)22-6-10-25(11-7-22)64-21-31(52)45-15-2-1-3-16-46-38(58)37-34(55)33(54)36(57)40(67-37)68-71(62,63)69-70(60,61)65-20-28-32(53)35(56)39(66-28)48-17-14-30(51)47-41(48)59/h4-14,17-19,28,32-37,39-40,53-57H,1-3,15-16,20-21H2,(H,45,52)(H,46,58)(H,60,61)(H,62,63)(H,47,51,59). The van der Waals surface area contributed by atoms with Crippen molar-refractivity contribution in [2.75, 3.05) is 26.3 Å². The fourth-order valence-electron chi connectivity index (χ4n) is 8.22. The first-order chi connectivity index (χ1) is 34.1. The molecule has 8 rings (SSSR count). The first-order valence-corrected chi connectivity index (χ1v) is 25.8. The molecule has 31 heteroatoms. The minimum Gasteiger partial charge on any atom is -0.484 e. The van der Waals surface area contributed by atoms with Gasteiger partial charge in [-0.2, -0.15) is 4.31 Å². The topological polar surface area (TPSA) is 352 Å². The third-order valence-electron chi connectivity index (χ3n) is 11.7. The van der Waals surface area contributed by atoms with Crippen molar-refractivity contribution in [2.24, 2.45) is 0 Å². The highest BCUT2D eigenvalue weighted by Crippen LogP contribution is 2.61. The van der Waals surface area contributed by atoms with Crippen LogP contribution >= 0.6 is 27.0 Å². The van der Waals surface area contributed by atoms with E-state index in [-0.39, 0.29) is 19.7 Å². The molecule has 0 aliphatic carbocycles. The molecule has 3 aromatic heterocycles. The lowest BCUT2D eigenvalue weighted by atomic mass is 9.90. The summed E-state index contributed by atoms with van der Waals surface area (Å²) in [5.74, 6) is -1.17. The number of carbonyl (C=O) groups excluding carboxylic acids is 2. The van der Waals surface area contributed by atoms with E-state index in [1.807, 2.05) is 16.4 Å². The van der Waals surface area contributed by atoms with Gasteiger partial charge in [-0.1, -0.05) is 6.07 Å². The molecule has 2 saturated heterocycles. The number of H-pyrrole nitrogens is 1. The van der Waals surface area contributed by atoms with Crippen LogP contribution in [0, 0.1) is 0 Å². The predicted molar refractivity (Wildman–Crippen MR) is 246 cm³/mol. The number of carbonyl (C=O) groups is 2. The zero-order valence-corrected chi connectivity index (χ0v) is 39.8. The Morgan fingerprint density at radius 1 is 0.861 bits per heavy atom. The summed E-state index contributed by atoms with van der Waals surface area (Å²) < 4.78 is 90.2. The van der Waals surface area contributed by atoms with Gasteiger partial charge in [-0.25, -0.2) is 13.9 Å². The first kappa shape index (κ1) is 53.0. The zero-order valence-electron chi connectivity index (χ0n) is 37.2. The number of unbranched alkanes of at least 4 members (excludes halogenated alkanes) is 2. The van der Waals surface area contributed by atoms with Crippen LogP contribution in [0.25, 0.3) is 16.6 Å². The third kappa shape index (κ3) is 11.6. The number of aliphatic hydroxyl groups is 5. The van der Waals surface area contributed by atoms with Crippen LogP contribution in [-0.2, 0) is 41.6 Å². The van der Waals surface area contributed by atoms with Crippen LogP contribution in [0.3, 0.4) is 0 Å². The Bertz CT molecular complexity index is 2970. The highest BCUT2D eigenvalue weighted by atomic mass is 32.1. The molecule has 0 radical (unpaired) electrons. The van der Waals surface area contributed by atoms with Crippen LogP contribution < -0.4 is 26.6 Å². The van der Waals surface area contributed by atoms with Crippen molar-refractivity contribution >= 4 is 57.6 Å². The third-order valence-corrected chi connectivity index (χ3v) is 15.2. The largest absolute Gasteiger partial charge is 0.737 e. The van der Waals surface area contributed by atoms with Gasteiger partial charge in [0.05, 0.1) is 6.61 Å². The number of thiophene rings is 1. The summed E-state index contributed by atoms with van der Waals surface area (Å²) in [5.41, 5.74) is 0.209. The van der Waals surface area contributed by atoms with Gasteiger partial charge in [-0.3, -0.25) is 33.0 Å². The molecule has 0 spiro atoms. The maximum absolute atomic E-state index is 16.3. The van der Waals surface area contributed by atoms with E-state index in [9.17, 15) is 63.6 Å². The molecule has 0 bridgehead atoms. The van der Waals surface area contributed by atoms with Crippen LogP contribution in [0.1, 0.15) is 36.7 Å². The summed E-state index contributed by atoms with van der Waals surface area (Å²) in [6.07, 6.45) is -10.8. The number of aromatic amines is 1. The quantitative estimate of drug-likeness (QED) is 0.0313. The molecule has 4 aliphatic heterocycles. The Balaban J connectivity index is 0.735. The average molecular weight is 1070 g/mol. The van der Waals surface area contributed by atoms with E-state index in [0.29, 0.717) is 57.9 Å². The summed E-state index contributed by atoms with van der Waals surface area (Å²) in [4.78, 5) is 71.9. The second-order valence-electron chi connectivity index (χ2n) is 16.6. The lowest BCUT2D eigenvalue weighted by Gasteiger charge is -2.39. The number of hydrogen-bond acceptors (Lipinski definition) is 18. The maximum Gasteiger partial charge on any atom is 0.737 e. The van der Waals surface area contributed by atoms with Crippen molar-refractivity contribution in [3.8, 4) is 16.3 Å². The van der Waals surface area contributed by atoms with Crippen LogP contribution in [0.15, 0.2) is 93.6 Å². The number of phosphoric ester groups is 2. The molecule has 4 aliphatic rings. The smallest absolute Gasteiger partial charge is 0.484 e. The number of hydrogen-bond donors (Lipinski definition) is 10. The second kappa shape index (κ2) is 21.6. The van der Waals surface area contributed by atoms with Crippen molar-refractivity contribution < 1.29 is 94.7 Å². The molecular weight excluding hydrogens is 1020 g/mol. The number of benzene rings is 1. The monoisotopic (exact) mass is 1070 g/mol. The van der Waals surface area contributed by atoms with Crippen molar-refractivity contribution in [3.05, 3.63) is 116 Å². The zero-order chi connectivity index (χ0) is 51.7. The summed E-state index contributed by atoms with van der Waals surface area (Å²) in [6.45, 7) is -5.48. The second-order valence-corrected chi connectivity index (χ2v) is 20.6. The summed E-state index contributed by atoms with van der Waals surface area (Å²) in [5, 5.41) is 58.8. The molecule has 1 aromatic carbocycles. The van der Waals surface area contributed by atoms with E-state index in [1.54, 1.807) is 60.7 Å². The van der Waals surface area contributed by atoms with Gasteiger partial charge in [0, 0.05) is 65.4 Å². The number of nitrogens with zero attached hydrogens (tertiary/aromatic N) is 3. The molecule has 2 amide bonds. The molecule has 11 atom stereocenters. The van der Waals surface area contributed by atoms with Gasteiger partial charge in [0.2, 0.25) is 0 Å². The molecular formula is C41H47BF2N6O19P2S. The molecule has 11 unspecified atom stereocenters. The number of nitrogens with one attached hydrogen (secondary N) is 3. The number of halogens is 2. The van der Waals surface area contributed by atoms with Crippen molar-refractivity contribution in [1.29, 1.82) is 0 Å². The normalized spacial score (nSPS) is 27.1. The lowest BCUT2D eigenvalue weighted by molar-refractivity contribution is -0.360. The van der Waals surface area contributed by atoms with Gasteiger partial charge in [-0.05, 0) is 67.1 Å². The Morgan fingerprint density at radius 3 is 2.31 bits per heavy atom. The van der Waals surface area contributed by atoms with Crippen molar-refractivity contribution in [2.45, 2.75) is 74.5 Å². The molecule has 25 nitrogen and oxygen atoms in total. The molecule has 0 saturated carbocycles. The van der Waals surface area contributed by atoms with E-state index in [4.69, 9.17) is 14.2 Å². The van der Waals surface area contributed by atoms with Gasteiger partial charge < -0.3 is 77.8 Å².